The lowest BCUT2D eigenvalue weighted by Crippen LogP contribution is -2.27. The van der Waals surface area contributed by atoms with Crippen molar-refractivity contribution >= 4 is 16.5 Å². The van der Waals surface area contributed by atoms with Crippen molar-refractivity contribution in [1.29, 1.82) is 0 Å². The van der Waals surface area contributed by atoms with Gasteiger partial charge in [0.1, 0.15) is 10.8 Å². The summed E-state index contributed by atoms with van der Waals surface area (Å²) >= 11 is 1.61. The lowest BCUT2D eigenvalue weighted by molar-refractivity contribution is 0.413. The SMILES string of the molecule is COc1ccc2c(c1)CC(Nc1nnc(C)s1)CC2. The number of anilines is 1. The Bertz CT molecular complexity index is 582. The molecule has 0 spiro atoms. The first-order chi connectivity index (χ1) is 9.24. The maximum atomic E-state index is 5.30. The Morgan fingerprint density at radius 2 is 2.21 bits per heavy atom. The van der Waals surface area contributed by atoms with Crippen LogP contribution in [-0.4, -0.2) is 23.3 Å². The van der Waals surface area contributed by atoms with Gasteiger partial charge in [-0.25, -0.2) is 0 Å². The first-order valence-electron chi connectivity index (χ1n) is 6.47. The highest BCUT2D eigenvalue weighted by Gasteiger charge is 2.19. The summed E-state index contributed by atoms with van der Waals surface area (Å²) < 4.78 is 5.30. The van der Waals surface area contributed by atoms with Crippen LogP contribution in [-0.2, 0) is 12.8 Å². The van der Waals surface area contributed by atoms with Crippen molar-refractivity contribution < 1.29 is 4.74 Å². The summed E-state index contributed by atoms with van der Waals surface area (Å²) in [5, 5.41) is 13.6. The fraction of sp³-hybridized carbons (Fsp3) is 0.429. The summed E-state index contributed by atoms with van der Waals surface area (Å²) in [7, 11) is 1.71. The zero-order valence-electron chi connectivity index (χ0n) is 11.1. The van der Waals surface area contributed by atoms with E-state index in [1.165, 1.54) is 11.1 Å². The number of nitrogens with one attached hydrogen (secondary N) is 1. The molecule has 0 aliphatic heterocycles. The molecule has 0 radical (unpaired) electrons. The Morgan fingerprint density at radius 1 is 1.32 bits per heavy atom. The molecular formula is C14H17N3OS. The van der Waals surface area contributed by atoms with Crippen LogP contribution in [0, 0.1) is 6.92 Å². The molecule has 1 aromatic carbocycles. The minimum Gasteiger partial charge on any atom is -0.497 e. The van der Waals surface area contributed by atoms with E-state index in [1.807, 2.05) is 13.0 Å². The van der Waals surface area contributed by atoms with Crippen LogP contribution in [0.2, 0.25) is 0 Å². The van der Waals surface area contributed by atoms with Crippen LogP contribution in [0.15, 0.2) is 18.2 Å². The summed E-state index contributed by atoms with van der Waals surface area (Å²) in [6.07, 6.45) is 3.26. The molecule has 19 heavy (non-hydrogen) atoms. The highest BCUT2D eigenvalue weighted by molar-refractivity contribution is 7.15. The molecule has 0 saturated heterocycles. The summed E-state index contributed by atoms with van der Waals surface area (Å²) in [6.45, 7) is 1.98. The largest absolute Gasteiger partial charge is 0.497 e. The van der Waals surface area contributed by atoms with Gasteiger partial charge in [0.05, 0.1) is 7.11 Å². The van der Waals surface area contributed by atoms with E-state index in [0.717, 1.165) is 35.2 Å². The molecule has 5 heteroatoms. The smallest absolute Gasteiger partial charge is 0.205 e. The highest BCUT2D eigenvalue weighted by Crippen LogP contribution is 2.27. The van der Waals surface area contributed by atoms with E-state index in [1.54, 1.807) is 18.4 Å². The predicted octanol–water partition coefficient (Wildman–Crippen LogP) is 2.82. The second-order valence-electron chi connectivity index (χ2n) is 4.84. The lowest BCUT2D eigenvalue weighted by Gasteiger charge is -2.25. The molecule has 0 fully saturated rings. The molecule has 4 nitrogen and oxygen atoms in total. The molecule has 2 aromatic rings. The van der Waals surface area contributed by atoms with E-state index >= 15 is 0 Å². The monoisotopic (exact) mass is 275 g/mol. The topological polar surface area (TPSA) is 47.0 Å². The number of ether oxygens (including phenoxy) is 1. The van der Waals surface area contributed by atoms with Crippen molar-refractivity contribution in [2.75, 3.05) is 12.4 Å². The standard InChI is InChI=1S/C14H17N3OS/c1-9-16-17-14(19-9)15-12-5-3-10-4-6-13(18-2)8-11(10)7-12/h4,6,8,12H,3,5,7H2,1-2H3,(H,15,17). The maximum Gasteiger partial charge on any atom is 0.205 e. The molecule has 1 aliphatic carbocycles. The van der Waals surface area contributed by atoms with Gasteiger partial charge in [0.2, 0.25) is 5.13 Å². The van der Waals surface area contributed by atoms with Crippen LogP contribution in [0.25, 0.3) is 0 Å². The summed E-state index contributed by atoms with van der Waals surface area (Å²) in [6, 6.07) is 6.81. The van der Waals surface area contributed by atoms with Crippen LogP contribution in [0.1, 0.15) is 22.6 Å². The summed E-state index contributed by atoms with van der Waals surface area (Å²) in [5.74, 6) is 0.936. The molecule has 3 rings (SSSR count). The number of benzene rings is 1. The predicted molar refractivity (Wildman–Crippen MR) is 77.1 cm³/mol. The average Bonchev–Trinajstić information content (AvgIpc) is 2.83. The van der Waals surface area contributed by atoms with Gasteiger partial charge < -0.3 is 10.1 Å². The van der Waals surface area contributed by atoms with Gasteiger partial charge in [0.25, 0.3) is 0 Å². The summed E-state index contributed by atoms with van der Waals surface area (Å²) in [5.41, 5.74) is 2.82. The number of hydrogen-bond donors (Lipinski definition) is 1. The molecule has 1 N–H and O–H groups in total. The Labute approximate surface area is 116 Å². The molecule has 0 bridgehead atoms. The van der Waals surface area contributed by atoms with Gasteiger partial charge >= 0.3 is 0 Å². The van der Waals surface area contributed by atoms with Crippen molar-refractivity contribution in [2.45, 2.75) is 32.2 Å². The average molecular weight is 275 g/mol. The number of nitrogens with zero attached hydrogens (tertiary/aromatic N) is 2. The lowest BCUT2D eigenvalue weighted by atomic mass is 9.88. The van der Waals surface area contributed by atoms with E-state index in [2.05, 4.69) is 27.6 Å². The van der Waals surface area contributed by atoms with Gasteiger partial charge in [-0.05, 0) is 49.4 Å². The molecule has 1 aliphatic rings. The molecule has 1 aromatic heterocycles. The minimum atomic E-state index is 0.437. The number of aromatic nitrogens is 2. The van der Waals surface area contributed by atoms with Crippen molar-refractivity contribution in [3.63, 3.8) is 0 Å². The van der Waals surface area contributed by atoms with E-state index < -0.39 is 0 Å². The van der Waals surface area contributed by atoms with Gasteiger partial charge in [-0.15, -0.1) is 10.2 Å². The molecule has 1 atom stereocenters. The van der Waals surface area contributed by atoms with Crippen molar-refractivity contribution in [3.05, 3.63) is 34.3 Å². The molecule has 100 valence electrons. The third-order valence-electron chi connectivity index (χ3n) is 3.50. The van der Waals surface area contributed by atoms with E-state index in [0.29, 0.717) is 6.04 Å². The third kappa shape index (κ3) is 2.71. The Balaban J connectivity index is 1.74. The Morgan fingerprint density at radius 3 is 2.95 bits per heavy atom. The van der Waals surface area contributed by atoms with E-state index in [9.17, 15) is 0 Å². The Hall–Kier alpha value is -1.62. The van der Waals surface area contributed by atoms with Crippen LogP contribution in [0.5, 0.6) is 5.75 Å². The van der Waals surface area contributed by atoms with Crippen LogP contribution in [0.3, 0.4) is 0 Å². The van der Waals surface area contributed by atoms with E-state index in [4.69, 9.17) is 4.74 Å². The van der Waals surface area contributed by atoms with Gasteiger partial charge in [-0.3, -0.25) is 0 Å². The second-order valence-corrected chi connectivity index (χ2v) is 6.03. The van der Waals surface area contributed by atoms with E-state index in [-0.39, 0.29) is 0 Å². The van der Waals surface area contributed by atoms with Gasteiger partial charge in [-0.2, -0.15) is 0 Å². The number of methoxy groups -OCH3 is 1. The molecular weight excluding hydrogens is 258 g/mol. The van der Waals surface area contributed by atoms with Gasteiger partial charge in [0.15, 0.2) is 0 Å². The van der Waals surface area contributed by atoms with Crippen LogP contribution < -0.4 is 10.1 Å². The number of fused-ring (bicyclic) bond motifs is 1. The minimum absolute atomic E-state index is 0.437. The summed E-state index contributed by atoms with van der Waals surface area (Å²) in [4.78, 5) is 0. The third-order valence-corrected chi connectivity index (χ3v) is 4.27. The van der Waals surface area contributed by atoms with Gasteiger partial charge in [0, 0.05) is 6.04 Å². The van der Waals surface area contributed by atoms with Crippen molar-refractivity contribution in [3.8, 4) is 5.75 Å². The normalized spacial score (nSPS) is 17.9. The van der Waals surface area contributed by atoms with Crippen molar-refractivity contribution in [1.82, 2.24) is 10.2 Å². The second kappa shape index (κ2) is 5.17. The molecule has 0 saturated carbocycles. The van der Waals surface area contributed by atoms with Crippen LogP contribution >= 0.6 is 11.3 Å². The number of rotatable bonds is 3. The van der Waals surface area contributed by atoms with Crippen molar-refractivity contribution in [2.24, 2.45) is 0 Å². The Kier molecular flexibility index (Phi) is 3.38. The first kappa shape index (κ1) is 12.4. The molecule has 1 heterocycles. The zero-order valence-corrected chi connectivity index (χ0v) is 12.0. The number of aryl methyl sites for hydroxylation is 2. The fourth-order valence-electron chi connectivity index (χ4n) is 2.51. The fourth-order valence-corrected chi connectivity index (χ4v) is 3.18. The number of hydrogen-bond acceptors (Lipinski definition) is 5. The van der Waals surface area contributed by atoms with Gasteiger partial charge in [-0.1, -0.05) is 17.4 Å². The van der Waals surface area contributed by atoms with Crippen LogP contribution in [0.4, 0.5) is 5.13 Å². The zero-order chi connectivity index (χ0) is 13.2. The molecule has 1 unspecified atom stereocenters. The highest BCUT2D eigenvalue weighted by atomic mass is 32.1. The maximum absolute atomic E-state index is 5.30. The molecule has 0 amide bonds. The quantitative estimate of drug-likeness (QED) is 0.935. The first-order valence-corrected chi connectivity index (χ1v) is 7.28.